The number of nitriles is 1. The highest BCUT2D eigenvalue weighted by atomic mass is 35.5. The van der Waals surface area contributed by atoms with E-state index in [9.17, 15) is 4.79 Å². The van der Waals surface area contributed by atoms with Crippen LogP contribution in [-0.2, 0) is 6.42 Å². The van der Waals surface area contributed by atoms with Crippen LogP contribution in [0.15, 0.2) is 11.0 Å². The zero-order valence-corrected chi connectivity index (χ0v) is 8.67. The van der Waals surface area contributed by atoms with Crippen molar-refractivity contribution in [2.75, 3.05) is 0 Å². The minimum absolute atomic E-state index is 0.165. The summed E-state index contributed by atoms with van der Waals surface area (Å²) < 4.78 is 1.23. The quantitative estimate of drug-likeness (QED) is 0.735. The van der Waals surface area contributed by atoms with E-state index in [-0.39, 0.29) is 16.4 Å². The molecule has 0 aromatic carbocycles. The highest BCUT2D eigenvalue weighted by Gasteiger charge is 2.12. The molecule has 2 aromatic rings. The molecular formula is C9H7ClN4O. The summed E-state index contributed by atoms with van der Waals surface area (Å²) in [7, 11) is 0. The molecule has 2 heterocycles. The van der Waals surface area contributed by atoms with E-state index in [1.807, 2.05) is 13.0 Å². The summed E-state index contributed by atoms with van der Waals surface area (Å²) in [6.07, 6.45) is 1.94. The molecule has 2 rings (SSSR count). The standard InChI is InChI=1S/C9H7ClN4O/c1-2-6-7(10)13-8-5(3-11)4-12-14(8)9(6)15/h4,12H,2H2,1H3. The van der Waals surface area contributed by atoms with Gasteiger partial charge in [-0.15, -0.1) is 0 Å². The Kier molecular flexibility index (Phi) is 2.21. The highest BCUT2D eigenvalue weighted by molar-refractivity contribution is 6.30. The molecule has 5 nitrogen and oxygen atoms in total. The van der Waals surface area contributed by atoms with Crippen LogP contribution in [0.3, 0.4) is 0 Å². The summed E-state index contributed by atoms with van der Waals surface area (Å²) in [5.74, 6) is 0. The number of fused-ring (bicyclic) bond motifs is 1. The smallest absolute Gasteiger partial charge is 0.277 e. The van der Waals surface area contributed by atoms with Gasteiger partial charge in [0.15, 0.2) is 5.65 Å². The van der Waals surface area contributed by atoms with Gasteiger partial charge in [0.1, 0.15) is 16.8 Å². The number of nitrogens with one attached hydrogen (secondary N) is 1. The molecule has 0 saturated carbocycles. The Morgan fingerprint density at radius 2 is 2.47 bits per heavy atom. The first kappa shape index (κ1) is 9.74. The molecule has 0 aliphatic carbocycles. The monoisotopic (exact) mass is 222 g/mol. The van der Waals surface area contributed by atoms with Gasteiger partial charge in [0.25, 0.3) is 5.56 Å². The lowest BCUT2D eigenvalue weighted by molar-refractivity contribution is 0.867. The van der Waals surface area contributed by atoms with Crippen LogP contribution in [0.25, 0.3) is 5.65 Å². The van der Waals surface area contributed by atoms with Crippen molar-refractivity contribution in [2.24, 2.45) is 0 Å². The maximum absolute atomic E-state index is 11.8. The van der Waals surface area contributed by atoms with Crippen molar-refractivity contribution in [3.05, 3.63) is 32.8 Å². The van der Waals surface area contributed by atoms with E-state index in [2.05, 4.69) is 10.1 Å². The molecule has 15 heavy (non-hydrogen) atoms. The number of aromatic amines is 1. The minimum atomic E-state index is -0.256. The lowest BCUT2D eigenvalue weighted by Gasteiger charge is -2.00. The zero-order chi connectivity index (χ0) is 11.0. The summed E-state index contributed by atoms with van der Waals surface area (Å²) in [5, 5.41) is 11.6. The SMILES string of the molecule is CCc1c(Cl)nc2c(C#N)c[nH]n2c1=O. The van der Waals surface area contributed by atoms with E-state index in [1.54, 1.807) is 0 Å². The lowest BCUT2D eigenvalue weighted by atomic mass is 10.2. The molecule has 0 radical (unpaired) electrons. The molecule has 0 saturated heterocycles. The molecule has 0 atom stereocenters. The Hall–Kier alpha value is -1.80. The van der Waals surface area contributed by atoms with Gasteiger partial charge in [0, 0.05) is 6.20 Å². The van der Waals surface area contributed by atoms with Crippen LogP contribution in [-0.4, -0.2) is 14.6 Å². The number of hydrogen-bond acceptors (Lipinski definition) is 3. The van der Waals surface area contributed by atoms with Gasteiger partial charge in [-0.1, -0.05) is 18.5 Å². The normalized spacial score (nSPS) is 10.5. The topological polar surface area (TPSA) is 73.9 Å². The fourth-order valence-corrected chi connectivity index (χ4v) is 1.70. The first-order chi connectivity index (χ1) is 7.19. The predicted molar refractivity (Wildman–Crippen MR) is 54.9 cm³/mol. The van der Waals surface area contributed by atoms with Gasteiger partial charge in [-0.3, -0.25) is 9.89 Å². The van der Waals surface area contributed by atoms with Crippen LogP contribution in [0, 0.1) is 11.3 Å². The second kappa shape index (κ2) is 3.41. The van der Waals surface area contributed by atoms with Gasteiger partial charge in [0.2, 0.25) is 0 Å². The average Bonchev–Trinajstić information content (AvgIpc) is 2.61. The molecule has 0 fully saturated rings. The number of nitrogens with zero attached hydrogens (tertiary/aromatic N) is 3. The Morgan fingerprint density at radius 1 is 1.73 bits per heavy atom. The molecule has 0 spiro atoms. The van der Waals surface area contributed by atoms with Crippen molar-refractivity contribution in [1.29, 1.82) is 5.26 Å². The second-order valence-electron chi connectivity index (χ2n) is 3.00. The molecule has 0 aliphatic heterocycles. The average molecular weight is 223 g/mol. The molecule has 2 aromatic heterocycles. The largest absolute Gasteiger partial charge is 0.295 e. The van der Waals surface area contributed by atoms with Crippen molar-refractivity contribution in [3.8, 4) is 6.07 Å². The molecule has 0 unspecified atom stereocenters. The maximum Gasteiger partial charge on any atom is 0.277 e. The predicted octanol–water partition coefficient (Wildman–Crippen LogP) is 1.11. The van der Waals surface area contributed by atoms with Crippen molar-refractivity contribution in [1.82, 2.24) is 14.6 Å². The minimum Gasteiger partial charge on any atom is -0.295 e. The van der Waals surface area contributed by atoms with Crippen molar-refractivity contribution < 1.29 is 0 Å². The van der Waals surface area contributed by atoms with E-state index in [1.165, 1.54) is 10.7 Å². The van der Waals surface area contributed by atoms with E-state index in [0.29, 0.717) is 17.5 Å². The molecule has 0 amide bonds. The van der Waals surface area contributed by atoms with E-state index >= 15 is 0 Å². The molecule has 76 valence electrons. The number of rotatable bonds is 1. The van der Waals surface area contributed by atoms with Gasteiger partial charge < -0.3 is 0 Å². The van der Waals surface area contributed by atoms with E-state index in [0.717, 1.165) is 0 Å². The van der Waals surface area contributed by atoms with Gasteiger partial charge >= 0.3 is 0 Å². The summed E-state index contributed by atoms with van der Waals surface area (Å²) >= 11 is 5.85. The molecule has 1 N–H and O–H groups in total. The molecule has 6 heteroatoms. The zero-order valence-electron chi connectivity index (χ0n) is 7.91. The molecular weight excluding hydrogens is 216 g/mol. The van der Waals surface area contributed by atoms with Gasteiger partial charge in [0.05, 0.1) is 5.56 Å². The second-order valence-corrected chi connectivity index (χ2v) is 3.36. The van der Waals surface area contributed by atoms with Crippen LogP contribution in [0.1, 0.15) is 18.1 Å². The van der Waals surface area contributed by atoms with Crippen LogP contribution in [0.5, 0.6) is 0 Å². The third-order valence-electron chi connectivity index (χ3n) is 2.18. The van der Waals surface area contributed by atoms with Crippen LogP contribution < -0.4 is 5.56 Å². The Bertz CT molecular complexity index is 619. The summed E-state index contributed by atoms with van der Waals surface area (Å²) in [6.45, 7) is 1.82. The van der Waals surface area contributed by atoms with Crippen molar-refractivity contribution in [2.45, 2.75) is 13.3 Å². The Balaban J connectivity index is 2.95. The summed E-state index contributed by atoms with van der Waals surface area (Å²) in [5.41, 5.74) is 0.760. The number of halogens is 1. The lowest BCUT2D eigenvalue weighted by Crippen LogP contribution is -2.20. The summed E-state index contributed by atoms with van der Waals surface area (Å²) in [4.78, 5) is 15.8. The van der Waals surface area contributed by atoms with Crippen LogP contribution in [0.2, 0.25) is 5.15 Å². The third-order valence-corrected chi connectivity index (χ3v) is 2.49. The van der Waals surface area contributed by atoms with Crippen molar-refractivity contribution in [3.63, 3.8) is 0 Å². The maximum atomic E-state index is 11.8. The molecule has 0 aliphatic rings. The molecule has 0 bridgehead atoms. The van der Waals surface area contributed by atoms with Crippen LogP contribution in [0.4, 0.5) is 0 Å². The highest BCUT2D eigenvalue weighted by Crippen LogP contribution is 2.13. The third kappa shape index (κ3) is 1.30. The van der Waals surface area contributed by atoms with E-state index in [4.69, 9.17) is 16.9 Å². The fraction of sp³-hybridized carbons (Fsp3) is 0.222. The number of H-pyrrole nitrogens is 1. The van der Waals surface area contributed by atoms with Crippen LogP contribution >= 0.6 is 11.6 Å². The number of hydrogen-bond donors (Lipinski definition) is 1. The first-order valence-electron chi connectivity index (χ1n) is 4.37. The van der Waals surface area contributed by atoms with Crippen molar-refractivity contribution >= 4 is 17.2 Å². The fourth-order valence-electron chi connectivity index (χ4n) is 1.40. The first-order valence-corrected chi connectivity index (χ1v) is 4.75. The Labute approximate surface area is 89.9 Å². The van der Waals surface area contributed by atoms with Gasteiger partial charge in [-0.25, -0.2) is 4.98 Å². The number of aromatic nitrogens is 3. The Morgan fingerprint density at radius 3 is 3.07 bits per heavy atom. The van der Waals surface area contributed by atoms with Gasteiger partial charge in [-0.05, 0) is 6.42 Å². The van der Waals surface area contributed by atoms with Gasteiger partial charge in [-0.2, -0.15) is 9.78 Å². The van der Waals surface area contributed by atoms with E-state index < -0.39 is 0 Å². The summed E-state index contributed by atoms with van der Waals surface area (Å²) in [6, 6.07) is 1.93.